The van der Waals surface area contributed by atoms with Crippen LogP contribution in [0.2, 0.25) is 0 Å². The highest BCUT2D eigenvalue weighted by atomic mass is 19.4. The average molecular weight is 298 g/mol. The van der Waals surface area contributed by atoms with Crippen molar-refractivity contribution in [2.24, 2.45) is 0 Å². The number of oxazole rings is 1. The van der Waals surface area contributed by atoms with Crippen molar-refractivity contribution in [2.75, 3.05) is 5.32 Å². The molecule has 0 radical (unpaired) electrons. The van der Waals surface area contributed by atoms with E-state index in [-0.39, 0.29) is 16.7 Å². The molecule has 108 valence electrons. The van der Waals surface area contributed by atoms with Crippen LogP contribution in [0, 0.1) is 0 Å². The summed E-state index contributed by atoms with van der Waals surface area (Å²) >= 11 is 0. The number of alkyl halides is 3. The summed E-state index contributed by atoms with van der Waals surface area (Å²) in [4.78, 5) is 26.0. The van der Waals surface area contributed by atoms with E-state index in [9.17, 15) is 22.8 Å². The lowest BCUT2D eigenvalue weighted by molar-refractivity contribution is -0.167. The van der Waals surface area contributed by atoms with Gasteiger partial charge < -0.3 is 8.83 Å². The largest absolute Gasteiger partial charge is 0.471 e. The Labute approximate surface area is 113 Å². The summed E-state index contributed by atoms with van der Waals surface area (Å²) in [6.45, 7) is 0. The fourth-order valence-electron chi connectivity index (χ4n) is 1.75. The lowest BCUT2D eigenvalue weighted by atomic mass is 10.2. The summed E-state index contributed by atoms with van der Waals surface area (Å²) in [5, 5.41) is 1.79. The van der Waals surface area contributed by atoms with E-state index in [0.717, 1.165) is 0 Å². The number of aromatic nitrogens is 1. The molecule has 0 spiro atoms. The number of carbonyl (C=O) groups excluding carboxylic acids is 1. The van der Waals surface area contributed by atoms with Gasteiger partial charge in [-0.05, 0) is 12.1 Å². The molecule has 0 aliphatic heterocycles. The first-order chi connectivity index (χ1) is 9.86. The van der Waals surface area contributed by atoms with Gasteiger partial charge in [-0.1, -0.05) is 12.1 Å². The number of rotatable bonds is 1. The summed E-state index contributed by atoms with van der Waals surface area (Å²) in [5.41, 5.74) is -1.04. The molecule has 9 heteroatoms. The van der Waals surface area contributed by atoms with Crippen LogP contribution in [0.15, 0.2) is 37.9 Å². The molecule has 3 aromatic rings. The Balaban J connectivity index is 2.16. The van der Waals surface area contributed by atoms with Crippen molar-refractivity contribution in [3.05, 3.63) is 34.7 Å². The SMILES string of the molecule is O=C(Nc1nc2c(=O)oc3ccccc3c2o1)C(F)(F)F. The number of nitrogens with zero attached hydrogens (tertiary/aromatic N) is 1. The Morgan fingerprint density at radius 1 is 1.19 bits per heavy atom. The second-order valence-electron chi connectivity index (χ2n) is 4.03. The fraction of sp³-hybridized carbons (Fsp3) is 0.0833. The zero-order valence-corrected chi connectivity index (χ0v) is 10.0. The van der Waals surface area contributed by atoms with Gasteiger partial charge in [0.25, 0.3) is 0 Å². The quantitative estimate of drug-likeness (QED) is 0.697. The highest BCUT2D eigenvalue weighted by molar-refractivity contribution is 6.00. The van der Waals surface area contributed by atoms with E-state index in [4.69, 9.17) is 8.83 Å². The molecule has 1 N–H and O–H groups in total. The number of carbonyl (C=O) groups is 1. The zero-order chi connectivity index (χ0) is 15.2. The maximum Gasteiger partial charge on any atom is 0.471 e. The van der Waals surface area contributed by atoms with Crippen molar-refractivity contribution >= 4 is 34.0 Å². The molecule has 0 aliphatic rings. The van der Waals surface area contributed by atoms with E-state index in [1.165, 1.54) is 11.4 Å². The zero-order valence-electron chi connectivity index (χ0n) is 10.0. The third kappa shape index (κ3) is 2.22. The van der Waals surface area contributed by atoms with Crippen LogP contribution in [-0.2, 0) is 4.79 Å². The minimum Gasteiger partial charge on any atom is -0.422 e. The number of amides is 1. The molecule has 0 saturated heterocycles. The van der Waals surface area contributed by atoms with E-state index in [0.29, 0.717) is 5.39 Å². The summed E-state index contributed by atoms with van der Waals surface area (Å²) in [7, 11) is 0. The third-order valence-corrected chi connectivity index (χ3v) is 2.63. The molecule has 0 fully saturated rings. The molecule has 0 atom stereocenters. The Bertz CT molecular complexity index is 910. The fourth-order valence-corrected chi connectivity index (χ4v) is 1.75. The lowest BCUT2D eigenvalue weighted by Gasteiger charge is -2.03. The Hall–Kier alpha value is -2.84. The molecular formula is C12H5F3N2O4. The van der Waals surface area contributed by atoms with E-state index < -0.39 is 23.7 Å². The van der Waals surface area contributed by atoms with Gasteiger partial charge in [-0.3, -0.25) is 10.1 Å². The highest BCUT2D eigenvalue weighted by Gasteiger charge is 2.39. The summed E-state index contributed by atoms with van der Waals surface area (Å²) in [6.07, 6.45) is -5.09. The maximum atomic E-state index is 12.2. The predicted octanol–water partition coefficient (Wildman–Crippen LogP) is 2.44. The molecule has 2 aromatic heterocycles. The van der Waals surface area contributed by atoms with Crippen molar-refractivity contribution in [3.63, 3.8) is 0 Å². The molecule has 0 aliphatic carbocycles. The summed E-state index contributed by atoms with van der Waals surface area (Å²) in [5.74, 6) is -2.25. The van der Waals surface area contributed by atoms with Gasteiger partial charge in [0.15, 0.2) is 11.1 Å². The van der Waals surface area contributed by atoms with Gasteiger partial charge in [0, 0.05) is 0 Å². The number of benzene rings is 1. The third-order valence-electron chi connectivity index (χ3n) is 2.63. The molecule has 0 saturated carbocycles. The summed E-state index contributed by atoms with van der Waals surface area (Å²) in [6, 6.07) is 5.54. The standard InChI is InChI=1S/C12H5F3N2O4/c13-12(14,15)10(19)17-11-16-7-8(21-11)5-3-1-2-4-6(5)20-9(7)18/h1-4H,(H,16,17,19). The minimum absolute atomic E-state index is 0.0562. The lowest BCUT2D eigenvalue weighted by Crippen LogP contribution is -2.30. The van der Waals surface area contributed by atoms with Crippen LogP contribution in [0.3, 0.4) is 0 Å². The van der Waals surface area contributed by atoms with Gasteiger partial charge in [-0.2, -0.15) is 18.2 Å². The van der Waals surface area contributed by atoms with Crippen molar-refractivity contribution in [1.82, 2.24) is 4.98 Å². The van der Waals surface area contributed by atoms with Gasteiger partial charge in [0.2, 0.25) is 0 Å². The summed E-state index contributed by atoms with van der Waals surface area (Å²) < 4.78 is 46.5. The van der Waals surface area contributed by atoms with Gasteiger partial charge in [0.05, 0.1) is 5.39 Å². The van der Waals surface area contributed by atoms with Gasteiger partial charge in [-0.25, -0.2) is 4.79 Å². The Morgan fingerprint density at radius 3 is 2.62 bits per heavy atom. The van der Waals surface area contributed by atoms with Gasteiger partial charge in [-0.15, -0.1) is 0 Å². The second kappa shape index (κ2) is 4.33. The Morgan fingerprint density at radius 2 is 1.90 bits per heavy atom. The monoisotopic (exact) mass is 298 g/mol. The van der Waals surface area contributed by atoms with Crippen molar-refractivity contribution in [2.45, 2.75) is 6.18 Å². The molecule has 0 bridgehead atoms. The van der Waals surface area contributed by atoms with Crippen LogP contribution >= 0.6 is 0 Å². The number of hydrogen-bond donors (Lipinski definition) is 1. The van der Waals surface area contributed by atoms with Crippen molar-refractivity contribution < 1.29 is 26.8 Å². The number of nitrogens with one attached hydrogen (secondary N) is 1. The van der Waals surface area contributed by atoms with Gasteiger partial charge >= 0.3 is 23.7 Å². The number of halogens is 3. The number of fused-ring (bicyclic) bond motifs is 3. The molecule has 3 rings (SSSR count). The smallest absolute Gasteiger partial charge is 0.422 e. The molecule has 6 nitrogen and oxygen atoms in total. The molecular weight excluding hydrogens is 293 g/mol. The van der Waals surface area contributed by atoms with Crippen LogP contribution in [0.4, 0.5) is 19.2 Å². The van der Waals surface area contributed by atoms with Crippen molar-refractivity contribution in [1.29, 1.82) is 0 Å². The van der Waals surface area contributed by atoms with E-state index in [1.807, 2.05) is 0 Å². The van der Waals surface area contributed by atoms with Crippen LogP contribution in [0.25, 0.3) is 22.1 Å². The second-order valence-corrected chi connectivity index (χ2v) is 4.03. The first-order valence-corrected chi connectivity index (χ1v) is 5.57. The highest BCUT2D eigenvalue weighted by Crippen LogP contribution is 2.26. The van der Waals surface area contributed by atoms with Crippen molar-refractivity contribution in [3.8, 4) is 0 Å². The van der Waals surface area contributed by atoms with Gasteiger partial charge in [0.1, 0.15) is 5.58 Å². The van der Waals surface area contributed by atoms with E-state index in [2.05, 4.69) is 4.98 Å². The first kappa shape index (κ1) is 13.2. The molecule has 0 unspecified atom stereocenters. The average Bonchev–Trinajstić information content (AvgIpc) is 2.82. The van der Waals surface area contributed by atoms with Crippen LogP contribution in [0.5, 0.6) is 0 Å². The molecule has 2 heterocycles. The number of anilines is 1. The molecule has 1 aromatic carbocycles. The van der Waals surface area contributed by atoms with E-state index in [1.54, 1.807) is 18.2 Å². The van der Waals surface area contributed by atoms with Crippen LogP contribution < -0.4 is 10.9 Å². The number of para-hydroxylation sites is 1. The van der Waals surface area contributed by atoms with Crippen LogP contribution in [-0.4, -0.2) is 17.1 Å². The molecule has 21 heavy (non-hydrogen) atoms. The minimum atomic E-state index is -5.09. The Kier molecular flexibility index (Phi) is 2.71. The van der Waals surface area contributed by atoms with E-state index >= 15 is 0 Å². The molecule has 1 amide bonds. The maximum absolute atomic E-state index is 12.2. The topological polar surface area (TPSA) is 85.3 Å². The first-order valence-electron chi connectivity index (χ1n) is 5.57. The van der Waals surface area contributed by atoms with Crippen LogP contribution in [0.1, 0.15) is 0 Å². The normalized spacial score (nSPS) is 12.0. The predicted molar refractivity (Wildman–Crippen MR) is 64.7 cm³/mol. The number of hydrogen-bond acceptors (Lipinski definition) is 5.